The van der Waals surface area contributed by atoms with E-state index in [4.69, 9.17) is 5.11 Å². The number of aromatic carboxylic acids is 1. The fourth-order valence-corrected chi connectivity index (χ4v) is 2.18. The standard InChI is InChI=1S/C15H13N3O2/c1-10-2-3-14-12(6-10)8-17-18(14)9-13-7-11(15(19)20)4-5-16-13/h2-8H,9H2,1H3,(H,19,20). The number of pyridine rings is 1. The van der Waals surface area contributed by atoms with Crippen LogP contribution in [0, 0.1) is 6.92 Å². The lowest BCUT2D eigenvalue weighted by atomic mass is 10.2. The van der Waals surface area contributed by atoms with Crippen molar-refractivity contribution in [1.29, 1.82) is 0 Å². The molecule has 0 aliphatic heterocycles. The number of carboxylic acids is 1. The number of hydrogen-bond acceptors (Lipinski definition) is 3. The van der Waals surface area contributed by atoms with E-state index in [2.05, 4.69) is 16.1 Å². The number of fused-ring (bicyclic) bond motifs is 1. The van der Waals surface area contributed by atoms with Gasteiger partial charge < -0.3 is 5.11 Å². The van der Waals surface area contributed by atoms with Gasteiger partial charge in [-0.1, -0.05) is 11.6 Å². The second-order valence-corrected chi connectivity index (χ2v) is 4.71. The highest BCUT2D eigenvalue weighted by atomic mass is 16.4. The van der Waals surface area contributed by atoms with Crippen molar-refractivity contribution >= 4 is 16.9 Å². The first kappa shape index (κ1) is 12.3. The Morgan fingerprint density at radius 1 is 1.30 bits per heavy atom. The van der Waals surface area contributed by atoms with E-state index in [-0.39, 0.29) is 5.56 Å². The van der Waals surface area contributed by atoms with Crippen molar-refractivity contribution in [3.63, 3.8) is 0 Å². The van der Waals surface area contributed by atoms with Crippen LogP contribution in [0.5, 0.6) is 0 Å². The largest absolute Gasteiger partial charge is 0.478 e. The van der Waals surface area contributed by atoms with Crippen LogP contribution in [0.1, 0.15) is 21.6 Å². The molecule has 0 saturated carbocycles. The van der Waals surface area contributed by atoms with E-state index in [1.807, 2.05) is 29.9 Å². The molecule has 100 valence electrons. The summed E-state index contributed by atoms with van der Waals surface area (Å²) >= 11 is 0. The molecule has 5 heteroatoms. The van der Waals surface area contributed by atoms with Gasteiger partial charge in [0.1, 0.15) is 0 Å². The van der Waals surface area contributed by atoms with Crippen molar-refractivity contribution in [3.8, 4) is 0 Å². The third-order valence-corrected chi connectivity index (χ3v) is 3.17. The Morgan fingerprint density at radius 2 is 2.15 bits per heavy atom. The quantitative estimate of drug-likeness (QED) is 0.791. The highest BCUT2D eigenvalue weighted by Gasteiger charge is 2.07. The fraction of sp³-hybridized carbons (Fsp3) is 0.133. The fourth-order valence-electron chi connectivity index (χ4n) is 2.18. The van der Waals surface area contributed by atoms with Gasteiger partial charge in [0.2, 0.25) is 0 Å². The molecule has 2 heterocycles. The number of aryl methyl sites for hydroxylation is 1. The molecule has 0 spiro atoms. The lowest BCUT2D eigenvalue weighted by molar-refractivity contribution is 0.0696. The zero-order chi connectivity index (χ0) is 14.1. The maximum atomic E-state index is 11.0. The molecule has 5 nitrogen and oxygen atoms in total. The molecule has 0 aliphatic carbocycles. The number of rotatable bonds is 3. The van der Waals surface area contributed by atoms with Crippen LogP contribution in [0.2, 0.25) is 0 Å². The number of benzene rings is 1. The molecule has 0 amide bonds. The second kappa shape index (κ2) is 4.77. The van der Waals surface area contributed by atoms with Crippen LogP contribution in [0.15, 0.2) is 42.7 Å². The Balaban J connectivity index is 1.97. The van der Waals surface area contributed by atoms with Gasteiger partial charge in [0.15, 0.2) is 0 Å². The minimum Gasteiger partial charge on any atom is -0.478 e. The molecule has 0 atom stereocenters. The minimum atomic E-state index is -0.949. The highest BCUT2D eigenvalue weighted by Crippen LogP contribution is 2.16. The zero-order valence-corrected chi connectivity index (χ0v) is 10.9. The molecule has 3 rings (SSSR count). The summed E-state index contributed by atoms with van der Waals surface area (Å²) in [5.41, 5.74) is 3.11. The van der Waals surface area contributed by atoms with Crippen molar-refractivity contribution in [2.24, 2.45) is 0 Å². The maximum Gasteiger partial charge on any atom is 0.335 e. The summed E-state index contributed by atoms with van der Waals surface area (Å²) in [4.78, 5) is 15.2. The number of carboxylic acid groups (broad SMARTS) is 1. The van der Waals surface area contributed by atoms with Crippen LogP contribution < -0.4 is 0 Å². The van der Waals surface area contributed by atoms with E-state index in [1.165, 1.54) is 17.8 Å². The van der Waals surface area contributed by atoms with Gasteiger partial charge in [-0.3, -0.25) is 9.67 Å². The smallest absolute Gasteiger partial charge is 0.335 e. The maximum absolute atomic E-state index is 11.0. The summed E-state index contributed by atoms with van der Waals surface area (Å²) in [5, 5.41) is 14.4. The Labute approximate surface area is 115 Å². The average molecular weight is 267 g/mol. The normalized spacial score (nSPS) is 10.8. The molecular weight excluding hydrogens is 254 g/mol. The van der Waals surface area contributed by atoms with Gasteiger partial charge in [-0.15, -0.1) is 0 Å². The molecule has 0 unspecified atom stereocenters. The van der Waals surface area contributed by atoms with E-state index < -0.39 is 5.97 Å². The SMILES string of the molecule is Cc1ccc2c(cnn2Cc2cc(C(=O)O)ccn2)c1. The Morgan fingerprint density at radius 3 is 2.95 bits per heavy atom. The molecule has 20 heavy (non-hydrogen) atoms. The van der Waals surface area contributed by atoms with Crippen molar-refractivity contribution in [2.45, 2.75) is 13.5 Å². The predicted octanol–water partition coefficient (Wildman–Crippen LogP) is 2.49. The van der Waals surface area contributed by atoms with Gasteiger partial charge in [0.05, 0.1) is 29.5 Å². The molecule has 1 N–H and O–H groups in total. The van der Waals surface area contributed by atoms with Crippen molar-refractivity contribution in [3.05, 3.63) is 59.5 Å². The van der Waals surface area contributed by atoms with E-state index >= 15 is 0 Å². The summed E-state index contributed by atoms with van der Waals surface area (Å²) in [5.74, 6) is -0.949. The van der Waals surface area contributed by atoms with Crippen molar-refractivity contribution in [1.82, 2.24) is 14.8 Å². The van der Waals surface area contributed by atoms with Gasteiger partial charge in [0, 0.05) is 11.6 Å². The minimum absolute atomic E-state index is 0.238. The predicted molar refractivity (Wildman–Crippen MR) is 74.8 cm³/mol. The van der Waals surface area contributed by atoms with Crippen molar-refractivity contribution < 1.29 is 9.90 Å². The van der Waals surface area contributed by atoms with Gasteiger partial charge in [-0.25, -0.2) is 4.79 Å². The molecule has 0 radical (unpaired) electrons. The van der Waals surface area contributed by atoms with E-state index in [9.17, 15) is 4.79 Å². The summed E-state index contributed by atoms with van der Waals surface area (Å²) in [6, 6.07) is 9.17. The average Bonchev–Trinajstić information content (AvgIpc) is 2.81. The number of nitrogens with zero attached hydrogens (tertiary/aromatic N) is 3. The molecule has 2 aromatic heterocycles. The first-order chi connectivity index (χ1) is 9.63. The monoisotopic (exact) mass is 267 g/mol. The lowest BCUT2D eigenvalue weighted by Gasteiger charge is -2.04. The van der Waals surface area contributed by atoms with E-state index in [0.717, 1.165) is 10.9 Å². The number of hydrogen-bond donors (Lipinski definition) is 1. The van der Waals surface area contributed by atoms with Crippen LogP contribution in [-0.2, 0) is 6.54 Å². The van der Waals surface area contributed by atoms with E-state index in [0.29, 0.717) is 12.2 Å². The molecular formula is C15H13N3O2. The molecule has 0 saturated heterocycles. The van der Waals surface area contributed by atoms with Crippen LogP contribution in [0.3, 0.4) is 0 Å². The second-order valence-electron chi connectivity index (χ2n) is 4.71. The van der Waals surface area contributed by atoms with Crippen LogP contribution in [0.25, 0.3) is 10.9 Å². The van der Waals surface area contributed by atoms with Crippen LogP contribution >= 0.6 is 0 Å². The van der Waals surface area contributed by atoms with Gasteiger partial charge in [-0.05, 0) is 31.2 Å². The molecule has 0 bridgehead atoms. The summed E-state index contributed by atoms with van der Waals surface area (Å²) in [7, 11) is 0. The molecule has 0 aliphatic rings. The summed E-state index contributed by atoms with van der Waals surface area (Å²) < 4.78 is 1.82. The van der Waals surface area contributed by atoms with E-state index in [1.54, 1.807) is 6.07 Å². The first-order valence-corrected chi connectivity index (χ1v) is 6.24. The highest BCUT2D eigenvalue weighted by molar-refractivity contribution is 5.87. The first-order valence-electron chi connectivity index (χ1n) is 6.24. The van der Waals surface area contributed by atoms with Gasteiger partial charge in [-0.2, -0.15) is 5.10 Å². The zero-order valence-electron chi connectivity index (χ0n) is 10.9. The van der Waals surface area contributed by atoms with Crippen LogP contribution in [0.4, 0.5) is 0 Å². The summed E-state index contributed by atoms with van der Waals surface area (Å²) in [6.45, 7) is 2.49. The number of aromatic nitrogens is 3. The molecule has 3 aromatic rings. The van der Waals surface area contributed by atoms with Gasteiger partial charge in [0.25, 0.3) is 0 Å². The Hall–Kier alpha value is -2.69. The molecule has 1 aromatic carbocycles. The van der Waals surface area contributed by atoms with Gasteiger partial charge >= 0.3 is 5.97 Å². The third-order valence-electron chi connectivity index (χ3n) is 3.17. The molecule has 0 fully saturated rings. The lowest BCUT2D eigenvalue weighted by Crippen LogP contribution is -2.05. The Bertz CT molecular complexity index is 793. The van der Waals surface area contributed by atoms with Crippen molar-refractivity contribution in [2.75, 3.05) is 0 Å². The summed E-state index contributed by atoms with van der Waals surface area (Å²) in [6.07, 6.45) is 3.32. The third kappa shape index (κ3) is 2.25. The van der Waals surface area contributed by atoms with Crippen LogP contribution in [-0.4, -0.2) is 25.8 Å². The Kier molecular flexibility index (Phi) is 2.95. The number of carbonyl (C=O) groups is 1. The topological polar surface area (TPSA) is 68.0 Å².